The average molecular weight is 267 g/mol. The number of carboxylic acid groups (broad SMARTS) is 1. The zero-order valence-electron chi connectivity index (χ0n) is 10.2. The van der Waals surface area contributed by atoms with Gasteiger partial charge in [0.2, 0.25) is 5.91 Å². The van der Waals surface area contributed by atoms with Crippen molar-refractivity contribution in [2.24, 2.45) is 5.92 Å². The first-order valence-electron chi connectivity index (χ1n) is 6.17. The lowest BCUT2D eigenvalue weighted by molar-refractivity contribution is -0.140. The number of rotatable bonds is 4. The van der Waals surface area contributed by atoms with E-state index in [2.05, 4.69) is 0 Å². The Morgan fingerprint density at radius 2 is 2.33 bits per heavy atom. The molecule has 1 saturated heterocycles. The predicted molar refractivity (Wildman–Crippen MR) is 69.6 cm³/mol. The Bertz CT molecular complexity index is 416. The normalized spacial score (nSPS) is 19.8. The number of carbonyl (C=O) groups excluding carboxylic acids is 1. The van der Waals surface area contributed by atoms with Crippen LogP contribution >= 0.6 is 11.3 Å². The van der Waals surface area contributed by atoms with Gasteiger partial charge >= 0.3 is 5.97 Å². The number of nitrogens with zero attached hydrogens (tertiary/aromatic N) is 1. The second-order valence-corrected chi connectivity index (χ2v) is 5.73. The van der Waals surface area contributed by atoms with Gasteiger partial charge in [0, 0.05) is 24.4 Å². The van der Waals surface area contributed by atoms with Crippen LogP contribution in [-0.4, -0.2) is 35.0 Å². The standard InChI is InChI=1S/C13H17NO3S/c15-12(8-11-4-2-6-18-11)14-5-1-3-10(9-14)7-13(16)17/h2,4,6,10H,1,3,5,7-9H2,(H,16,17). The van der Waals surface area contributed by atoms with Crippen molar-refractivity contribution in [3.8, 4) is 0 Å². The van der Waals surface area contributed by atoms with Gasteiger partial charge in [-0.1, -0.05) is 6.07 Å². The van der Waals surface area contributed by atoms with Crippen molar-refractivity contribution in [2.45, 2.75) is 25.7 Å². The molecule has 1 amide bonds. The number of piperidine rings is 1. The molecule has 0 aliphatic carbocycles. The molecule has 1 aromatic rings. The van der Waals surface area contributed by atoms with Crippen LogP contribution in [0.25, 0.3) is 0 Å². The third-order valence-electron chi connectivity index (χ3n) is 3.24. The molecule has 18 heavy (non-hydrogen) atoms. The van der Waals surface area contributed by atoms with Gasteiger partial charge in [-0.2, -0.15) is 0 Å². The summed E-state index contributed by atoms with van der Waals surface area (Å²) in [5.74, 6) is -0.538. The summed E-state index contributed by atoms with van der Waals surface area (Å²) >= 11 is 1.59. The number of carboxylic acids is 1. The van der Waals surface area contributed by atoms with Gasteiger partial charge in [0.1, 0.15) is 0 Å². The van der Waals surface area contributed by atoms with E-state index in [0.29, 0.717) is 13.0 Å². The van der Waals surface area contributed by atoms with Crippen molar-refractivity contribution >= 4 is 23.2 Å². The molecule has 2 heterocycles. The Labute approximate surface area is 110 Å². The summed E-state index contributed by atoms with van der Waals surface area (Å²) in [7, 11) is 0. The second kappa shape index (κ2) is 6.00. The zero-order valence-corrected chi connectivity index (χ0v) is 11.0. The lowest BCUT2D eigenvalue weighted by Crippen LogP contribution is -2.41. The van der Waals surface area contributed by atoms with E-state index in [1.54, 1.807) is 11.3 Å². The second-order valence-electron chi connectivity index (χ2n) is 4.70. The molecule has 1 unspecified atom stereocenters. The average Bonchev–Trinajstić information content (AvgIpc) is 2.81. The Morgan fingerprint density at radius 1 is 1.50 bits per heavy atom. The SMILES string of the molecule is O=C(O)CC1CCCN(C(=O)Cc2cccs2)C1. The zero-order chi connectivity index (χ0) is 13.0. The molecule has 0 radical (unpaired) electrons. The minimum absolute atomic E-state index is 0.114. The minimum Gasteiger partial charge on any atom is -0.481 e. The van der Waals surface area contributed by atoms with Crippen molar-refractivity contribution < 1.29 is 14.7 Å². The molecule has 1 aliphatic heterocycles. The first-order valence-corrected chi connectivity index (χ1v) is 7.05. The van der Waals surface area contributed by atoms with E-state index in [-0.39, 0.29) is 18.2 Å². The van der Waals surface area contributed by atoms with E-state index in [1.807, 2.05) is 22.4 Å². The summed E-state index contributed by atoms with van der Waals surface area (Å²) in [6, 6.07) is 3.90. The van der Waals surface area contributed by atoms with Crippen molar-refractivity contribution in [1.29, 1.82) is 0 Å². The molecule has 4 nitrogen and oxygen atoms in total. The molecule has 2 rings (SSSR count). The summed E-state index contributed by atoms with van der Waals surface area (Å²) in [6.45, 7) is 1.36. The summed E-state index contributed by atoms with van der Waals surface area (Å²) < 4.78 is 0. The third kappa shape index (κ3) is 3.57. The van der Waals surface area contributed by atoms with Crippen LogP contribution < -0.4 is 0 Å². The number of carbonyl (C=O) groups is 2. The number of aliphatic carboxylic acids is 1. The van der Waals surface area contributed by atoms with Crippen LogP contribution in [0.2, 0.25) is 0 Å². The molecule has 1 aromatic heterocycles. The topological polar surface area (TPSA) is 57.6 Å². The molecule has 0 aromatic carbocycles. The van der Waals surface area contributed by atoms with Crippen LogP contribution in [0.5, 0.6) is 0 Å². The maximum Gasteiger partial charge on any atom is 0.303 e. The van der Waals surface area contributed by atoms with Crippen molar-refractivity contribution in [3.63, 3.8) is 0 Å². The van der Waals surface area contributed by atoms with Gasteiger partial charge in [0.15, 0.2) is 0 Å². The van der Waals surface area contributed by atoms with Gasteiger partial charge in [0.25, 0.3) is 0 Å². The van der Waals surface area contributed by atoms with Gasteiger partial charge in [0.05, 0.1) is 6.42 Å². The molecule has 98 valence electrons. The van der Waals surface area contributed by atoms with Crippen molar-refractivity contribution in [3.05, 3.63) is 22.4 Å². The number of hydrogen-bond acceptors (Lipinski definition) is 3. The van der Waals surface area contributed by atoms with Crippen LogP contribution in [0.1, 0.15) is 24.1 Å². The highest BCUT2D eigenvalue weighted by Crippen LogP contribution is 2.21. The van der Waals surface area contributed by atoms with Gasteiger partial charge in [-0.15, -0.1) is 11.3 Å². The molecule has 0 bridgehead atoms. The van der Waals surface area contributed by atoms with E-state index in [9.17, 15) is 9.59 Å². The first-order chi connectivity index (χ1) is 8.65. The maximum atomic E-state index is 12.1. The molecule has 1 aliphatic rings. The van der Waals surface area contributed by atoms with Gasteiger partial charge in [-0.25, -0.2) is 0 Å². The Balaban J connectivity index is 1.88. The molecule has 1 atom stereocenters. The molecular formula is C13H17NO3S. The molecule has 1 fully saturated rings. The van der Waals surface area contributed by atoms with E-state index in [4.69, 9.17) is 5.11 Å². The van der Waals surface area contributed by atoms with E-state index in [1.165, 1.54) is 0 Å². The van der Waals surface area contributed by atoms with Crippen LogP contribution in [0.15, 0.2) is 17.5 Å². The van der Waals surface area contributed by atoms with E-state index >= 15 is 0 Å². The highest BCUT2D eigenvalue weighted by atomic mass is 32.1. The van der Waals surface area contributed by atoms with E-state index in [0.717, 1.165) is 24.3 Å². The van der Waals surface area contributed by atoms with Gasteiger partial charge in [-0.05, 0) is 30.2 Å². The smallest absolute Gasteiger partial charge is 0.303 e. The fourth-order valence-corrected chi connectivity index (χ4v) is 3.08. The summed E-state index contributed by atoms with van der Waals surface area (Å²) in [6.07, 6.45) is 2.43. The minimum atomic E-state index is -0.771. The molecule has 1 N–H and O–H groups in total. The monoisotopic (exact) mass is 267 g/mol. The van der Waals surface area contributed by atoms with Crippen LogP contribution in [0.4, 0.5) is 0 Å². The molecular weight excluding hydrogens is 250 g/mol. The van der Waals surface area contributed by atoms with Crippen LogP contribution in [0, 0.1) is 5.92 Å². The maximum absolute atomic E-state index is 12.1. The predicted octanol–water partition coefficient (Wildman–Crippen LogP) is 2.00. The van der Waals surface area contributed by atoms with Crippen LogP contribution in [-0.2, 0) is 16.0 Å². The fourth-order valence-electron chi connectivity index (χ4n) is 2.38. The Kier molecular flexibility index (Phi) is 4.36. The lowest BCUT2D eigenvalue weighted by Gasteiger charge is -2.32. The highest BCUT2D eigenvalue weighted by Gasteiger charge is 2.25. The van der Waals surface area contributed by atoms with Crippen molar-refractivity contribution in [2.75, 3.05) is 13.1 Å². The van der Waals surface area contributed by atoms with Crippen molar-refractivity contribution in [1.82, 2.24) is 4.90 Å². The quantitative estimate of drug-likeness (QED) is 0.907. The number of thiophene rings is 1. The van der Waals surface area contributed by atoms with Crippen LogP contribution in [0.3, 0.4) is 0 Å². The lowest BCUT2D eigenvalue weighted by atomic mass is 9.94. The highest BCUT2D eigenvalue weighted by molar-refractivity contribution is 7.10. The molecule has 0 saturated carbocycles. The third-order valence-corrected chi connectivity index (χ3v) is 4.12. The Hall–Kier alpha value is -1.36. The van der Waals surface area contributed by atoms with E-state index < -0.39 is 5.97 Å². The largest absolute Gasteiger partial charge is 0.481 e. The number of hydrogen-bond donors (Lipinski definition) is 1. The number of likely N-dealkylation sites (tertiary alicyclic amines) is 1. The summed E-state index contributed by atoms with van der Waals surface area (Å²) in [4.78, 5) is 25.7. The van der Waals surface area contributed by atoms with Gasteiger partial charge < -0.3 is 10.0 Å². The number of amides is 1. The fraction of sp³-hybridized carbons (Fsp3) is 0.538. The van der Waals surface area contributed by atoms with Gasteiger partial charge in [-0.3, -0.25) is 9.59 Å². The first kappa shape index (κ1) is 13.1. The summed E-state index contributed by atoms with van der Waals surface area (Å²) in [5.41, 5.74) is 0. The Morgan fingerprint density at radius 3 is 3.00 bits per heavy atom. The molecule has 5 heteroatoms. The summed E-state index contributed by atoms with van der Waals surface area (Å²) in [5, 5.41) is 10.8. The molecule has 0 spiro atoms.